The molecule has 0 aliphatic rings. The quantitative estimate of drug-likeness (QED) is 0.248. The highest BCUT2D eigenvalue weighted by atomic mass is 17.2. The van der Waals surface area contributed by atoms with Crippen molar-refractivity contribution in [1.29, 1.82) is 0 Å². The third kappa shape index (κ3) is 8.07. The molecule has 0 aliphatic carbocycles. The molecular formula is C10H16O6. The lowest BCUT2D eigenvalue weighted by Gasteiger charge is -2.02. The van der Waals surface area contributed by atoms with Crippen LogP contribution in [0.3, 0.4) is 0 Å². The first-order valence-electron chi connectivity index (χ1n) is 4.94. The fourth-order valence-electron chi connectivity index (χ4n) is 0.823. The standard InChI is InChI=1S/C10H16O6/c1-3-8(11)6-9(12)7-10(13)16-15-5-4-14-2/h3-7H2,1-2H3. The van der Waals surface area contributed by atoms with E-state index < -0.39 is 18.2 Å². The largest absolute Gasteiger partial charge is 0.382 e. The fourth-order valence-corrected chi connectivity index (χ4v) is 0.823. The van der Waals surface area contributed by atoms with Crippen molar-refractivity contribution in [2.75, 3.05) is 20.3 Å². The molecule has 0 heterocycles. The summed E-state index contributed by atoms with van der Waals surface area (Å²) in [6.07, 6.45) is -0.395. The molecule has 92 valence electrons. The Labute approximate surface area is 93.8 Å². The number of carbonyl (C=O) groups is 3. The number of hydrogen-bond donors (Lipinski definition) is 0. The van der Waals surface area contributed by atoms with Crippen molar-refractivity contribution < 1.29 is 28.9 Å². The van der Waals surface area contributed by atoms with Gasteiger partial charge in [0.15, 0.2) is 5.78 Å². The number of Topliss-reactive ketones (excluding diaryl/α,β-unsaturated/α-hetero) is 2. The minimum atomic E-state index is -0.801. The Balaban J connectivity index is 3.62. The van der Waals surface area contributed by atoms with E-state index in [2.05, 4.69) is 14.5 Å². The van der Waals surface area contributed by atoms with Crippen LogP contribution in [-0.2, 0) is 28.9 Å². The predicted molar refractivity (Wildman–Crippen MR) is 53.5 cm³/mol. The molecule has 0 aromatic carbocycles. The van der Waals surface area contributed by atoms with Crippen LogP contribution >= 0.6 is 0 Å². The maximum Gasteiger partial charge on any atom is 0.349 e. The molecule has 0 radical (unpaired) electrons. The van der Waals surface area contributed by atoms with Crippen LogP contribution in [0.1, 0.15) is 26.2 Å². The van der Waals surface area contributed by atoms with Crippen molar-refractivity contribution in [3.8, 4) is 0 Å². The highest BCUT2D eigenvalue weighted by Crippen LogP contribution is 1.97. The van der Waals surface area contributed by atoms with Crippen LogP contribution in [0.4, 0.5) is 0 Å². The van der Waals surface area contributed by atoms with Gasteiger partial charge in [0.1, 0.15) is 18.8 Å². The monoisotopic (exact) mass is 232 g/mol. The lowest BCUT2D eigenvalue weighted by Crippen LogP contribution is -2.15. The summed E-state index contributed by atoms with van der Waals surface area (Å²) in [5.41, 5.74) is 0. The average Bonchev–Trinajstić information content (AvgIpc) is 2.24. The Kier molecular flexibility index (Phi) is 8.28. The molecule has 0 fully saturated rings. The molecule has 16 heavy (non-hydrogen) atoms. The van der Waals surface area contributed by atoms with E-state index in [4.69, 9.17) is 0 Å². The topological polar surface area (TPSA) is 78.9 Å². The highest BCUT2D eigenvalue weighted by Gasteiger charge is 2.14. The van der Waals surface area contributed by atoms with Gasteiger partial charge in [-0.05, 0) is 0 Å². The zero-order valence-electron chi connectivity index (χ0n) is 9.49. The van der Waals surface area contributed by atoms with Gasteiger partial charge in [-0.3, -0.25) is 14.5 Å². The average molecular weight is 232 g/mol. The molecule has 0 N–H and O–H groups in total. The molecule has 0 bridgehead atoms. The van der Waals surface area contributed by atoms with Gasteiger partial charge in [-0.2, -0.15) is 4.89 Å². The van der Waals surface area contributed by atoms with Gasteiger partial charge in [-0.15, -0.1) is 0 Å². The van der Waals surface area contributed by atoms with Crippen LogP contribution < -0.4 is 0 Å². The first-order chi connectivity index (χ1) is 7.60. The van der Waals surface area contributed by atoms with Gasteiger partial charge in [-0.1, -0.05) is 6.92 Å². The van der Waals surface area contributed by atoms with E-state index in [1.165, 1.54) is 7.11 Å². The number of methoxy groups -OCH3 is 1. The minimum absolute atomic E-state index is 0.102. The number of hydrogen-bond acceptors (Lipinski definition) is 6. The predicted octanol–water partition coefficient (Wildman–Crippen LogP) is 0.436. The SMILES string of the molecule is CCC(=O)CC(=O)CC(=O)OOCCOC. The maximum absolute atomic E-state index is 11.1. The Bertz CT molecular complexity index is 248. The summed E-state index contributed by atoms with van der Waals surface area (Å²) >= 11 is 0. The third-order valence-corrected chi connectivity index (χ3v) is 1.65. The Morgan fingerprint density at radius 1 is 1.00 bits per heavy atom. The lowest BCUT2D eigenvalue weighted by molar-refractivity contribution is -0.275. The van der Waals surface area contributed by atoms with Crippen LogP contribution in [-0.4, -0.2) is 37.9 Å². The lowest BCUT2D eigenvalue weighted by atomic mass is 10.1. The molecule has 0 spiro atoms. The number of carbonyl (C=O) groups excluding carboxylic acids is 3. The third-order valence-electron chi connectivity index (χ3n) is 1.65. The first kappa shape index (κ1) is 14.7. The van der Waals surface area contributed by atoms with Gasteiger partial charge in [0.05, 0.1) is 13.0 Å². The van der Waals surface area contributed by atoms with Crippen molar-refractivity contribution in [2.45, 2.75) is 26.2 Å². The number of rotatable bonds is 9. The van der Waals surface area contributed by atoms with Crippen LogP contribution in [0, 0.1) is 0 Å². The first-order valence-corrected chi connectivity index (χ1v) is 4.94. The summed E-state index contributed by atoms with van der Waals surface area (Å²) in [6.45, 7) is 2.04. The van der Waals surface area contributed by atoms with E-state index in [0.717, 1.165) is 0 Å². The van der Waals surface area contributed by atoms with Crippen molar-refractivity contribution in [3.63, 3.8) is 0 Å². The molecule has 0 saturated carbocycles. The van der Waals surface area contributed by atoms with Crippen molar-refractivity contribution in [2.24, 2.45) is 0 Å². The second-order valence-corrected chi connectivity index (χ2v) is 3.05. The van der Waals surface area contributed by atoms with Crippen LogP contribution in [0.15, 0.2) is 0 Å². The van der Waals surface area contributed by atoms with E-state index in [9.17, 15) is 14.4 Å². The molecule has 0 aliphatic heterocycles. The summed E-state index contributed by atoms with van der Waals surface area (Å²) in [4.78, 5) is 41.7. The summed E-state index contributed by atoms with van der Waals surface area (Å²) in [6, 6.07) is 0. The molecule has 0 atom stereocenters. The summed E-state index contributed by atoms with van der Waals surface area (Å²) < 4.78 is 4.64. The zero-order valence-corrected chi connectivity index (χ0v) is 9.49. The normalized spacial score (nSPS) is 9.88. The van der Waals surface area contributed by atoms with Gasteiger partial charge in [-0.25, -0.2) is 4.79 Å². The van der Waals surface area contributed by atoms with Crippen molar-refractivity contribution in [3.05, 3.63) is 0 Å². The summed E-state index contributed by atoms with van der Waals surface area (Å²) in [7, 11) is 1.48. The molecular weight excluding hydrogens is 216 g/mol. The molecule has 6 heteroatoms. The zero-order chi connectivity index (χ0) is 12.4. The van der Waals surface area contributed by atoms with Crippen molar-refractivity contribution >= 4 is 17.5 Å². The van der Waals surface area contributed by atoms with E-state index in [0.29, 0.717) is 0 Å². The Morgan fingerprint density at radius 2 is 1.69 bits per heavy atom. The molecule has 0 saturated heterocycles. The fraction of sp³-hybridized carbons (Fsp3) is 0.700. The smallest absolute Gasteiger partial charge is 0.349 e. The number of ether oxygens (including phenoxy) is 1. The molecule has 6 nitrogen and oxygen atoms in total. The molecule has 0 aromatic rings. The van der Waals surface area contributed by atoms with E-state index >= 15 is 0 Å². The highest BCUT2D eigenvalue weighted by molar-refractivity contribution is 6.05. The van der Waals surface area contributed by atoms with Crippen LogP contribution in [0.5, 0.6) is 0 Å². The Morgan fingerprint density at radius 3 is 2.25 bits per heavy atom. The summed E-state index contributed by atoms with van der Waals surface area (Å²) in [5.74, 6) is -1.46. The van der Waals surface area contributed by atoms with Gasteiger partial charge in [0.2, 0.25) is 0 Å². The van der Waals surface area contributed by atoms with Gasteiger partial charge < -0.3 is 4.74 Å². The van der Waals surface area contributed by atoms with E-state index in [-0.39, 0.29) is 31.8 Å². The van der Waals surface area contributed by atoms with Crippen LogP contribution in [0.2, 0.25) is 0 Å². The van der Waals surface area contributed by atoms with E-state index in [1.807, 2.05) is 0 Å². The van der Waals surface area contributed by atoms with Crippen molar-refractivity contribution in [1.82, 2.24) is 0 Å². The number of ketones is 2. The molecule has 0 unspecified atom stereocenters. The van der Waals surface area contributed by atoms with Gasteiger partial charge in [0.25, 0.3) is 0 Å². The second-order valence-electron chi connectivity index (χ2n) is 3.05. The maximum atomic E-state index is 11.1. The molecule has 0 aromatic heterocycles. The second kappa shape index (κ2) is 8.99. The molecule has 0 amide bonds. The van der Waals surface area contributed by atoms with E-state index in [1.54, 1.807) is 6.92 Å². The Hall–Kier alpha value is -1.27. The van der Waals surface area contributed by atoms with Gasteiger partial charge in [0, 0.05) is 13.5 Å². The minimum Gasteiger partial charge on any atom is -0.382 e. The molecule has 0 rings (SSSR count). The summed E-state index contributed by atoms with van der Waals surface area (Å²) in [5, 5.41) is 0. The van der Waals surface area contributed by atoms with Crippen LogP contribution in [0.25, 0.3) is 0 Å². The van der Waals surface area contributed by atoms with Gasteiger partial charge >= 0.3 is 5.97 Å².